The molecular weight excluding hydrogens is 282 g/mol. The second-order valence-electron chi connectivity index (χ2n) is 5.89. The van der Waals surface area contributed by atoms with E-state index in [1.807, 2.05) is 14.0 Å². The fraction of sp³-hybridized carbons (Fsp3) is 0.667. The lowest BCUT2D eigenvalue weighted by molar-refractivity contribution is -0.122. The molecule has 22 heavy (non-hydrogen) atoms. The SMILES string of the molecule is CNC(=O)CN1CCCC(CNC(=O)c2cnn(C)c2C)C1. The topological polar surface area (TPSA) is 79.3 Å². The number of nitrogens with one attached hydrogen (secondary N) is 2. The normalized spacial score (nSPS) is 19.0. The van der Waals surface area contributed by atoms with Crippen LogP contribution in [0.15, 0.2) is 6.20 Å². The Labute approximate surface area is 131 Å². The molecular formula is C15H25N5O2. The van der Waals surface area contributed by atoms with Gasteiger partial charge in [-0.2, -0.15) is 5.10 Å². The molecule has 122 valence electrons. The minimum absolute atomic E-state index is 0.0377. The molecule has 0 spiro atoms. The number of likely N-dealkylation sites (N-methyl/N-ethyl adjacent to an activating group) is 1. The number of carbonyl (C=O) groups is 2. The van der Waals surface area contributed by atoms with Crippen molar-refractivity contribution in [2.24, 2.45) is 13.0 Å². The monoisotopic (exact) mass is 307 g/mol. The molecule has 1 saturated heterocycles. The fourth-order valence-electron chi connectivity index (χ4n) is 2.80. The lowest BCUT2D eigenvalue weighted by atomic mass is 9.98. The van der Waals surface area contributed by atoms with Crippen LogP contribution in [0.2, 0.25) is 0 Å². The summed E-state index contributed by atoms with van der Waals surface area (Å²) in [7, 11) is 3.48. The maximum absolute atomic E-state index is 12.2. The summed E-state index contributed by atoms with van der Waals surface area (Å²) in [5.41, 5.74) is 1.49. The average Bonchev–Trinajstić information content (AvgIpc) is 2.85. The summed E-state index contributed by atoms with van der Waals surface area (Å²) < 4.78 is 1.70. The summed E-state index contributed by atoms with van der Waals surface area (Å²) >= 11 is 0. The molecule has 2 amide bonds. The highest BCUT2D eigenvalue weighted by molar-refractivity contribution is 5.95. The molecule has 7 nitrogen and oxygen atoms in total. The van der Waals surface area contributed by atoms with Gasteiger partial charge in [0.15, 0.2) is 0 Å². The maximum Gasteiger partial charge on any atom is 0.254 e. The van der Waals surface area contributed by atoms with E-state index >= 15 is 0 Å². The zero-order chi connectivity index (χ0) is 16.1. The number of hydrogen-bond donors (Lipinski definition) is 2. The Hall–Kier alpha value is -1.89. The third kappa shape index (κ3) is 4.07. The van der Waals surface area contributed by atoms with Crippen LogP contribution in [-0.2, 0) is 11.8 Å². The molecule has 0 saturated carbocycles. The van der Waals surface area contributed by atoms with E-state index in [0.717, 1.165) is 31.6 Å². The molecule has 2 rings (SSSR count). The maximum atomic E-state index is 12.2. The Kier molecular flexibility index (Phi) is 5.54. The number of likely N-dealkylation sites (tertiary alicyclic amines) is 1. The molecule has 1 aliphatic heterocycles. The number of hydrogen-bond acceptors (Lipinski definition) is 4. The van der Waals surface area contributed by atoms with E-state index in [0.29, 0.717) is 24.6 Å². The van der Waals surface area contributed by atoms with Gasteiger partial charge < -0.3 is 10.6 Å². The van der Waals surface area contributed by atoms with Crippen LogP contribution in [0, 0.1) is 12.8 Å². The third-order valence-electron chi connectivity index (χ3n) is 4.28. The largest absolute Gasteiger partial charge is 0.358 e. The van der Waals surface area contributed by atoms with E-state index in [4.69, 9.17) is 0 Å². The highest BCUT2D eigenvalue weighted by atomic mass is 16.2. The smallest absolute Gasteiger partial charge is 0.254 e. The zero-order valence-corrected chi connectivity index (χ0v) is 13.6. The van der Waals surface area contributed by atoms with Crippen molar-refractivity contribution in [3.63, 3.8) is 0 Å². The summed E-state index contributed by atoms with van der Waals surface area (Å²) in [5, 5.41) is 9.73. The number of nitrogens with zero attached hydrogens (tertiary/aromatic N) is 3. The molecule has 7 heteroatoms. The second-order valence-corrected chi connectivity index (χ2v) is 5.89. The molecule has 1 unspecified atom stereocenters. The molecule has 0 bridgehead atoms. The van der Waals surface area contributed by atoms with Crippen molar-refractivity contribution in [3.8, 4) is 0 Å². The van der Waals surface area contributed by atoms with Crippen LogP contribution >= 0.6 is 0 Å². The van der Waals surface area contributed by atoms with Gasteiger partial charge >= 0.3 is 0 Å². The van der Waals surface area contributed by atoms with Gasteiger partial charge in [0, 0.05) is 32.9 Å². The van der Waals surface area contributed by atoms with E-state index in [1.165, 1.54) is 0 Å². The van der Waals surface area contributed by atoms with E-state index in [2.05, 4.69) is 20.6 Å². The molecule has 1 atom stereocenters. The van der Waals surface area contributed by atoms with E-state index in [9.17, 15) is 9.59 Å². The molecule has 1 aliphatic rings. The van der Waals surface area contributed by atoms with Crippen molar-refractivity contribution in [3.05, 3.63) is 17.5 Å². The van der Waals surface area contributed by atoms with Crippen molar-refractivity contribution >= 4 is 11.8 Å². The van der Waals surface area contributed by atoms with E-state index < -0.39 is 0 Å². The van der Waals surface area contributed by atoms with Crippen LogP contribution in [0.25, 0.3) is 0 Å². The van der Waals surface area contributed by atoms with Gasteiger partial charge in [0.2, 0.25) is 5.91 Å². The van der Waals surface area contributed by atoms with Crippen LogP contribution in [0.4, 0.5) is 0 Å². The minimum atomic E-state index is -0.0750. The molecule has 1 aromatic heterocycles. The molecule has 0 aromatic carbocycles. The third-order valence-corrected chi connectivity index (χ3v) is 4.28. The van der Waals surface area contributed by atoms with Crippen molar-refractivity contribution < 1.29 is 9.59 Å². The first-order valence-corrected chi connectivity index (χ1v) is 7.71. The first-order chi connectivity index (χ1) is 10.5. The number of carbonyl (C=O) groups excluding carboxylic acids is 2. The predicted molar refractivity (Wildman–Crippen MR) is 83.5 cm³/mol. The first kappa shape index (κ1) is 16.5. The summed E-state index contributed by atoms with van der Waals surface area (Å²) in [6, 6.07) is 0. The molecule has 1 fully saturated rings. The Balaban J connectivity index is 1.82. The second kappa shape index (κ2) is 7.40. The van der Waals surface area contributed by atoms with E-state index in [-0.39, 0.29) is 11.8 Å². The van der Waals surface area contributed by atoms with E-state index in [1.54, 1.807) is 17.9 Å². The summed E-state index contributed by atoms with van der Waals surface area (Å²) in [6.07, 6.45) is 3.74. The number of piperidine rings is 1. The summed E-state index contributed by atoms with van der Waals surface area (Å²) in [5.74, 6) is 0.351. The van der Waals surface area contributed by atoms with Gasteiger partial charge in [0.05, 0.1) is 18.3 Å². The Morgan fingerprint density at radius 3 is 2.86 bits per heavy atom. The van der Waals surface area contributed by atoms with Crippen LogP contribution in [0.5, 0.6) is 0 Å². The van der Waals surface area contributed by atoms with Gasteiger partial charge in [0.25, 0.3) is 5.91 Å². The summed E-state index contributed by atoms with van der Waals surface area (Å²) in [6.45, 7) is 4.74. The minimum Gasteiger partial charge on any atom is -0.358 e. The van der Waals surface area contributed by atoms with Crippen molar-refractivity contribution in [1.82, 2.24) is 25.3 Å². The highest BCUT2D eigenvalue weighted by Gasteiger charge is 2.22. The lowest BCUT2D eigenvalue weighted by Crippen LogP contribution is -2.44. The highest BCUT2D eigenvalue weighted by Crippen LogP contribution is 2.15. The molecule has 0 radical (unpaired) electrons. The Morgan fingerprint density at radius 2 is 2.23 bits per heavy atom. The first-order valence-electron chi connectivity index (χ1n) is 7.71. The lowest BCUT2D eigenvalue weighted by Gasteiger charge is -2.32. The molecule has 0 aliphatic carbocycles. The quantitative estimate of drug-likeness (QED) is 0.797. The zero-order valence-electron chi connectivity index (χ0n) is 13.6. The van der Waals surface area contributed by atoms with Crippen molar-refractivity contribution in [2.75, 3.05) is 33.2 Å². The van der Waals surface area contributed by atoms with Gasteiger partial charge in [-0.25, -0.2) is 0 Å². The van der Waals surface area contributed by atoms with Crippen LogP contribution in [0.3, 0.4) is 0 Å². The van der Waals surface area contributed by atoms with Gasteiger partial charge in [-0.1, -0.05) is 0 Å². The fourth-order valence-corrected chi connectivity index (χ4v) is 2.80. The molecule has 2 N–H and O–H groups in total. The Morgan fingerprint density at radius 1 is 1.45 bits per heavy atom. The standard InChI is InChI=1S/C15H25N5O2/c1-11-13(8-18-19(11)3)15(22)17-7-12-5-4-6-20(9-12)10-14(21)16-2/h8,12H,4-7,9-10H2,1-3H3,(H,16,21)(H,17,22). The molecule has 2 heterocycles. The van der Waals surface area contributed by atoms with Crippen molar-refractivity contribution in [2.45, 2.75) is 19.8 Å². The van der Waals surface area contributed by atoms with Crippen LogP contribution in [-0.4, -0.2) is 59.7 Å². The average molecular weight is 307 g/mol. The predicted octanol–water partition coefficient (Wildman–Crippen LogP) is -0.0837. The van der Waals surface area contributed by atoms with Crippen LogP contribution in [0.1, 0.15) is 28.9 Å². The number of aryl methyl sites for hydroxylation is 1. The number of amides is 2. The molecule has 1 aromatic rings. The number of rotatable bonds is 5. The number of aromatic nitrogens is 2. The van der Waals surface area contributed by atoms with Crippen LogP contribution < -0.4 is 10.6 Å². The van der Waals surface area contributed by atoms with Gasteiger partial charge in [-0.15, -0.1) is 0 Å². The van der Waals surface area contributed by atoms with Gasteiger partial charge in [-0.3, -0.25) is 19.2 Å². The summed E-state index contributed by atoms with van der Waals surface area (Å²) in [4.78, 5) is 25.8. The van der Waals surface area contributed by atoms with Gasteiger partial charge in [0.1, 0.15) is 0 Å². The van der Waals surface area contributed by atoms with Gasteiger partial charge in [-0.05, 0) is 32.2 Å². The van der Waals surface area contributed by atoms with Crippen molar-refractivity contribution in [1.29, 1.82) is 0 Å². The Bertz CT molecular complexity index is 540.